The third kappa shape index (κ3) is 3.46. The predicted molar refractivity (Wildman–Crippen MR) is 75.6 cm³/mol. The molecule has 0 aromatic carbocycles. The summed E-state index contributed by atoms with van der Waals surface area (Å²) in [6, 6.07) is 3.70. The summed E-state index contributed by atoms with van der Waals surface area (Å²) in [6.45, 7) is 4.12. The minimum atomic E-state index is -0.920. The first-order chi connectivity index (χ1) is 9.08. The molecule has 0 saturated heterocycles. The van der Waals surface area contributed by atoms with Crippen LogP contribution in [0.25, 0.3) is 0 Å². The summed E-state index contributed by atoms with van der Waals surface area (Å²) in [4.78, 5) is 15.6. The van der Waals surface area contributed by atoms with Gasteiger partial charge in [0.1, 0.15) is 11.4 Å². The molecule has 0 bridgehead atoms. The smallest absolute Gasteiger partial charge is 0.339 e. The maximum atomic E-state index is 11.2. The lowest BCUT2D eigenvalue weighted by atomic mass is 9.97. The highest BCUT2D eigenvalue weighted by Crippen LogP contribution is 2.26. The molecule has 0 amide bonds. The fourth-order valence-electron chi connectivity index (χ4n) is 2.72. The van der Waals surface area contributed by atoms with Crippen molar-refractivity contribution in [2.45, 2.75) is 52.0 Å². The molecule has 0 spiro atoms. The van der Waals surface area contributed by atoms with Crippen LogP contribution in [0.15, 0.2) is 12.1 Å². The molecule has 19 heavy (non-hydrogen) atoms. The maximum Gasteiger partial charge on any atom is 0.339 e. The van der Waals surface area contributed by atoms with Crippen LogP contribution in [0.5, 0.6) is 0 Å². The largest absolute Gasteiger partial charge is 0.478 e. The fraction of sp³-hybridized carbons (Fsp3) is 0.600. The Hall–Kier alpha value is -1.58. The Morgan fingerprint density at radius 3 is 2.79 bits per heavy atom. The minimum Gasteiger partial charge on any atom is -0.478 e. The molecular weight excluding hydrogens is 240 g/mol. The van der Waals surface area contributed by atoms with Crippen LogP contribution in [0.2, 0.25) is 0 Å². The average molecular weight is 262 g/mol. The third-order valence-corrected chi connectivity index (χ3v) is 3.95. The Kier molecular flexibility index (Phi) is 4.40. The Labute approximate surface area is 114 Å². The van der Waals surface area contributed by atoms with E-state index in [1.54, 1.807) is 12.1 Å². The topological polar surface area (TPSA) is 62.2 Å². The highest BCUT2D eigenvalue weighted by atomic mass is 16.4. The Bertz CT molecular complexity index is 459. The van der Waals surface area contributed by atoms with Crippen LogP contribution in [0.3, 0.4) is 0 Å². The van der Waals surface area contributed by atoms with Crippen molar-refractivity contribution in [2.24, 2.45) is 5.92 Å². The van der Waals surface area contributed by atoms with Crippen LogP contribution in [-0.2, 0) is 0 Å². The molecule has 1 saturated carbocycles. The van der Waals surface area contributed by atoms with E-state index in [0.29, 0.717) is 17.8 Å². The first-order valence-electron chi connectivity index (χ1n) is 7.05. The van der Waals surface area contributed by atoms with Gasteiger partial charge < -0.3 is 10.4 Å². The van der Waals surface area contributed by atoms with Crippen molar-refractivity contribution < 1.29 is 9.90 Å². The van der Waals surface area contributed by atoms with E-state index >= 15 is 0 Å². The molecule has 1 aromatic heterocycles. The van der Waals surface area contributed by atoms with Gasteiger partial charge in [0.15, 0.2) is 0 Å². The standard InChI is InChI=1S/C15H22N2O2/c1-10-6-4-3-5-7-13(10)17-14-12(15(18)19)9-8-11(2)16-14/h8-10,13H,3-7H2,1-2H3,(H,16,17)(H,18,19). The van der Waals surface area contributed by atoms with Crippen LogP contribution in [-0.4, -0.2) is 22.1 Å². The molecule has 1 fully saturated rings. The molecule has 0 radical (unpaired) electrons. The molecule has 2 atom stereocenters. The third-order valence-electron chi connectivity index (χ3n) is 3.95. The number of aromatic carboxylic acids is 1. The van der Waals surface area contributed by atoms with Crippen LogP contribution in [0.1, 0.15) is 55.1 Å². The molecule has 2 unspecified atom stereocenters. The van der Waals surface area contributed by atoms with Gasteiger partial charge in [-0.1, -0.05) is 26.2 Å². The highest BCUT2D eigenvalue weighted by Gasteiger charge is 2.22. The monoisotopic (exact) mass is 262 g/mol. The number of nitrogens with zero attached hydrogens (tertiary/aromatic N) is 1. The Morgan fingerprint density at radius 2 is 2.05 bits per heavy atom. The van der Waals surface area contributed by atoms with Crippen molar-refractivity contribution in [1.29, 1.82) is 0 Å². The number of carboxylic acid groups (broad SMARTS) is 1. The van der Waals surface area contributed by atoms with E-state index in [0.717, 1.165) is 12.1 Å². The second kappa shape index (κ2) is 6.04. The molecule has 4 nitrogen and oxygen atoms in total. The Balaban J connectivity index is 2.21. The highest BCUT2D eigenvalue weighted by molar-refractivity contribution is 5.93. The quantitative estimate of drug-likeness (QED) is 0.819. The number of aromatic nitrogens is 1. The summed E-state index contributed by atoms with van der Waals surface area (Å²) in [5.41, 5.74) is 1.11. The predicted octanol–water partition coefficient (Wildman–Crippen LogP) is 3.47. The summed E-state index contributed by atoms with van der Waals surface area (Å²) < 4.78 is 0. The van der Waals surface area contributed by atoms with Crippen molar-refractivity contribution >= 4 is 11.8 Å². The lowest BCUT2D eigenvalue weighted by Crippen LogP contribution is -2.28. The summed E-state index contributed by atoms with van der Waals surface area (Å²) in [7, 11) is 0. The normalized spacial score (nSPS) is 23.7. The van der Waals surface area contributed by atoms with Gasteiger partial charge in [-0.05, 0) is 37.8 Å². The van der Waals surface area contributed by atoms with Gasteiger partial charge in [0, 0.05) is 11.7 Å². The zero-order chi connectivity index (χ0) is 13.8. The van der Waals surface area contributed by atoms with Crippen molar-refractivity contribution in [3.63, 3.8) is 0 Å². The summed E-state index contributed by atoms with van der Waals surface area (Å²) in [5.74, 6) is 0.161. The van der Waals surface area contributed by atoms with Crippen molar-refractivity contribution in [3.8, 4) is 0 Å². The van der Waals surface area contributed by atoms with E-state index in [2.05, 4.69) is 17.2 Å². The number of hydrogen-bond acceptors (Lipinski definition) is 3. The number of carbonyl (C=O) groups is 1. The number of hydrogen-bond donors (Lipinski definition) is 2. The summed E-state index contributed by atoms with van der Waals surface area (Å²) in [6.07, 6.45) is 6.04. The van der Waals surface area contributed by atoms with E-state index in [9.17, 15) is 9.90 Å². The van der Waals surface area contributed by atoms with E-state index in [1.807, 2.05) is 6.92 Å². The van der Waals surface area contributed by atoms with Gasteiger partial charge in [-0.2, -0.15) is 0 Å². The zero-order valence-electron chi connectivity index (χ0n) is 11.6. The molecule has 1 aromatic rings. The molecule has 0 aliphatic heterocycles. The van der Waals surface area contributed by atoms with Crippen LogP contribution in [0.4, 0.5) is 5.82 Å². The summed E-state index contributed by atoms with van der Waals surface area (Å²) >= 11 is 0. The number of aryl methyl sites for hydroxylation is 1. The molecule has 4 heteroatoms. The SMILES string of the molecule is Cc1ccc(C(=O)O)c(NC2CCCCCC2C)n1. The number of pyridine rings is 1. The van der Waals surface area contributed by atoms with Gasteiger partial charge in [-0.25, -0.2) is 9.78 Å². The number of anilines is 1. The first-order valence-corrected chi connectivity index (χ1v) is 7.05. The van der Waals surface area contributed by atoms with Gasteiger partial charge in [-0.15, -0.1) is 0 Å². The zero-order valence-corrected chi connectivity index (χ0v) is 11.6. The van der Waals surface area contributed by atoms with Gasteiger partial charge in [-0.3, -0.25) is 0 Å². The van der Waals surface area contributed by atoms with Gasteiger partial charge in [0.2, 0.25) is 0 Å². The number of nitrogens with one attached hydrogen (secondary N) is 1. The lowest BCUT2D eigenvalue weighted by molar-refractivity contribution is 0.0697. The molecule has 1 aliphatic carbocycles. The van der Waals surface area contributed by atoms with Crippen molar-refractivity contribution in [1.82, 2.24) is 4.98 Å². The second-order valence-electron chi connectivity index (χ2n) is 5.52. The number of rotatable bonds is 3. The molecule has 2 N–H and O–H groups in total. The average Bonchev–Trinajstić information content (AvgIpc) is 2.55. The van der Waals surface area contributed by atoms with Gasteiger partial charge in [0.05, 0.1) is 0 Å². The molecular formula is C15H22N2O2. The molecule has 1 heterocycles. The summed E-state index contributed by atoms with van der Waals surface area (Å²) in [5, 5.41) is 12.6. The van der Waals surface area contributed by atoms with Gasteiger partial charge in [0.25, 0.3) is 0 Å². The molecule has 1 aliphatic rings. The molecule has 2 rings (SSSR count). The second-order valence-corrected chi connectivity index (χ2v) is 5.52. The van der Waals surface area contributed by atoms with Gasteiger partial charge >= 0.3 is 5.97 Å². The van der Waals surface area contributed by atoms with E-state index in [1.165, 1.54) is 25.7 Å². The van der Waals surface area contributed by atoms with Crippen molar-refractivity contribution in [2.75, 3.05) is 5.32 Å². The van der Waals surface area contributed by atoms with E-state index in [-0.39, 0.29) is 5.56 Å². The van der Waals surface area contributed by atoms with Crippen molar-refractivity contribution in [3.05, 3.63) is 23.4 Å². The number of carboxylic acids is 1. The Morgan fingerprint density at radius 1 is 1.32 bits per heavy atom. The van der Waals surface area contributed by atoms with E-state index < -0.39 is 5.97 Å². The lowest BCUT2D eigenvalue weighted by Gasteiger charge is -2.24. The van der Waals surface area contributed by atoms with Crippen LogP contribution >= 0.6 is 0 Å². The fourth-order valence-corrected chi connectivity index (χ4v) is 2.72. The molecule has 104 valence electrons. The van der Waals surface area contributed by atoms with E-state index in [4.69, 9.17) is 0 Å². The first kappa shape index (κ1) is 13.8. The minimum absolute atomic E-state index is 0.266. The maximum absolute atomic E-state index is 11.2. The van der Waals surface area contributed by atoms with Crippen LogP contribution in [0, 0.1) is 12.8 Å². The van der Waals surface area contributed by atoms with Crippen LogP contribution < -0.4 is 5.32 Å².